The second kappa shape index (κ2) is 5.53. The first-order chi connectivity index (χ1) is 8.43. The highest BCUT2D eigenvalue weighted by molar-refractivity contribution is 5.81. The van der Waals surface area contributed by atoms with Crippen molar-refractivity contribution in [2.24, 2.45) is 0 Å². The lowest BCUT2D eigenvalue weighted by Gasteiger charge is -2.32. The lowest BCUT2D eigenvalue weighted by atomic mass is 9.91. The van der Waals surface area contributed by atoms with Gasteiger partial charge in [-0.3, -0.25) is 4.79 Å². The number of rotatable bonds is 6. The number of hydrogen-bond donors (Lipinski definition) is 1. The topological polar surface area (TPSA) is 66.8 Å². The number of carboxylic acids is 1. The zero-order valence-electron chi connectivity index (χ0n) is 10.7. The van der Waals surface area contributed by atoms with Crippen molar-refractivity contribution in [2.75, 3.05) is 14.2 Å². The van der Waals surface area contributed by atoms with E-state index in [0.717, 1.165) is 5.56 Å². The van der Waals surface area contributed by atoms with E-state index in [4.69, 9.17) is 4.74 Å². The van der Waals surface area contributed by atoms with E-state index in [1.54, 1.807) is 31.4 Å². The third kappa shape index (κ3) is 2.80. The SMILES string of the molecule is COc1ccc(CC(C)(C(=O)O)N(C)C=O)cc1. The van der Waals surface area contributed by atoms with Gasteiger partial charge in [-0.1, -0.05) is 12.1 Å². The minimum absolute atomic E-state index is 0.238. The van der Waals surface area contributed by atoms with Crippen LogP contribution >= 0.6 is 0 Å². The molecule has 1 aromatic carbocycles. The van der Waals surface area contributed by atoms with Gasteiger partial charge in [-0.2, -0.15) is 0 Å². The van der Waals surface area contributed by atoms with Crippen LogP contribution in [0.2, 0.25) is 0 Å². The predicted molar refractivity (Wildman–Crippen MR) is 66.6 cm³/mol. The molecular formula is C13H17NO4. The summed E-state index contributed by atoms with van der Waals surface area (Å²) in [5, 5.41) is 9.27. The molecule has 1 atom stereocenters. The molecule has 0 fully saturated rings. The molecule has 5 heteroatoms. The second-order valence-electron chi connectivity index (χ2n) is 4.32. The Morgan fingerprint density at radius 3 is 2.39 bits per heavy atom. The van der Waals surface area contributed by atoms with Crippen molar-refractivity contribution in [3.05, 3.63) is 29.8 Å². The van der Waals surface area contributed by atoms with Crippen molar-refractivity contribution in [1.29, 1.82) is 0 Å². The van der Waals surface area contributed by atoms with Crippen molar-refractivity contribution >= 4 is 12.4 Å². The molecule has 98 valence electrons. The molecular weight excluding hydrogens is 234 g/mol. The molecule has 1 amide bonds. The van der Waals surface area contributed by atoms with Gasteiger partial charge >= 0.3 is 5.97 Å². The number of carboxylic acid groups (broad SMARTS) is 1. The predicted octanol–water partition coefficient (Wildman–Crippen LogP) is 1.17. The molecule has 5 nitrogen and oxygen atoms in total. The highest BCUT2D eigenvalue weighted by Crippen LogP contribution is 2.21. The quantitative estimate of drug-likeness (QED) is 0.771. The number of benzene rings is 1. The zero-order valence-corrected chi connectivity index (χ0v) is 10.7. The molecule has 0 radical (unpaired) electrons. The van der Waals surface area contributed by atoms with Gasteiger partial charge in [-0.15, -0.1) is 0 Å². The lowest BCUT2D eigenvalue weighted by molar-refractivity contribution is -0.152. The number of aliphatic carboxylic acids is 1. The molecule has 0 spiro atoms. The van der Waals surface area contributed by atoms with Crippen LogP contribution < -0.4 is 4.74 Å². The van der Waals surface area contributed by atoms with E-state index >= 15 is 0 Å². The Morgan fingerprint density at radius 2 is 2.00 bits per heavy atom. The molecule has 0 saturated heterocycles. The van der Waals surface area contributed by atoms with E-state index in [2.05, 4.69) is 0 Å². The van der Waals surface area contributed by atoms with Gasteiger partial charge < -0.3 is 14.7 Å². The molecule has 0 bridgehead atoms. The fourth-order valence-electron chi connectivity index (χ4n) is 1.61. The third-order valence-corrected chi connectivity index (χ3v) is 3.10. The summed E-state index contributed by atoms with van der Waals surface area (Å²) in [5.41, 5.74) is -0.425. The Kier molecular flexibility index (Phi) is 4.31. The summed E-state index contributed by atoms with van der Waals surface area (Å²) >= 11 is 0. The lowest BCUT2D eigenvalue weighted by Crippen LogP contribution is -2.51. The van der Waals surface area contributed by atoms with E-state index in [9.17, 15) is 14.7 Å². The Balaban J connectivity index is 2.96. The minimum Gasteiger partial charge on any atom is -0.497 e. The second-order valence-corrected chi connectivity index (χ2v) is 4.32. The summed E-state index contributed by atoms with van der Waals surface area (Å²) in [7, 11) is 3.03. The van der Waals surface area contributed by atoms with Crippen molar-refractivity contribution in [3.63, 3.8) is 0 Å². The maximum Gasteiger partial charge on any atom is 0.329 e. The van der Waals surface area contributed by atoms with Gasteiger partial charge in [-0.05, 0) is 24.6 Å². The van der Waals surface area contributed by atoms with Crippen LogP contribution in [0.3, 0.4) is 0 Å². The van der Waals surface area contributed by atoms with Crippen molar-refractivity contribution in [2.45, 2.75) is 18.9 Å². The van der Waals surface area contributed by atoms with Crippen LogP contribution in [0.25, 0.3) is 0 Å². The molecule has 0 heterocycles. The van der Waals surface area contributed by atoms with Gasteiger partial charge in [0.2, 0.25) is 6.41 Å². The summed E-state index contributed by atoms with van der Waals surface area (Å²) < 4.78 is 5.03. The number of carbonyl (C=O) groups is 2. The maximum atomic E-state index is 11.3. The third-order valence-electron chi connectivity index (χ3n) is 3.10. The zero-order chi connectivity index (χ0) is 13.8. The monoisotopic (exact) mass is 251 g/mol. The highest BCUT2D eigenvalue weighted by atomic mass is 16.5. The summed E-state index contributed by atoms with van der Waals surface area (Å²) in [5.74, 6) is -0.326. The fourth-order valence-corrected chi connectivity index (χ4v) is 1.61. The fraction of sp³-hybridized carbons (Fsp3) is 0.385. The molecule has 1 unspecified atom stereocenters. The van der Waals surface area contributed by atoms with E-state index in [1.807, 2.05) is 0 Å². The average Bonchev–Trinajstić information content (AvgIpc) is 2.38. The van der Waals surface area contributed by atoms with Gasteiger partial charge in [0.15, 0.2) is 0 Å². The normalized spacial score (nSPS) is 13.5. The largest absolute Gasteiger partial charge is 0.497 e. The molecule has 0 aliphatic heterocycles. The van der Waals surface area contributed by atoms with Crippen LogP contribution in [0, 0.1) is 0 Å². The van der Waals surface area contributed by atoms with Gasteiger partial charge in [0, 0.05) is 13.5 Å². The molecule has 0 aliphatic carbocycles. The minimum atomic E-state index is -1.25. The number of methoxy groups -OCH3 is 1. The van der Waals surface area contributed by atoms with E-state index in [1.165, 1.54) is 18.9 Å². The standard InChI is InChI=1S/C13H17NO4/c1-13(12(16)17,14(2)9-15)8-10-4-6-11(18-3)7-5-10/h4-7,9H,8H2,1-3H3,(H,16,17). The number of nitrogens with zero attached hydrogens (tertiary/aromatic N) is 1. The summed E-state index contributed by atoms with van der Waals surface area (Å²) in [4.78, 5) is 23.3. The molecule has 1 aromatic rings. The Hall–Kier alpha value is -2.04. The van der Waals surface area contributed by atoms with E-state index in [-0.39, 0.29) is 6.42 Å². The van der Waals surface area contributed by atoms with Crippen LogP contribution in [0.1, 0.15) is 12.5 Å². The smallest absolute Gasteiger partial charge is 0.329 e. The van der Waals surface area contributed by atoms with Gasteiger partial charge in [0.1, 0.15) is 11.3 Å². The number of likely N-dealkylation sites (N-methyl/N-ethyl adjacent to an activating group) is 1. The summed E-state index contributed by atoms with van der Waals surface area (Å²) in [6.45, 7) is 1.52. The summed E-state index contributed by atoms with van der Waals surface area (Å²) in [6.07, 6.45) is 0.763. The maximum absolute atomic E-state index is 11.3. The molecule has 1 rings (SSSR count). The number of ether oxygens (including phenoxy) is 1. The first-order valence-electron chi connectivity index (χ1n) is 5.48. The molecule has 18 heavy (non-hydrogen) atoms. The van der Waals surface area contributed by atoms with Crippen LogP contribution in [-0.2, 0) is 16.0 Å². The van der Waals surface area contributed by atoms with Crippen molar-refractivity contribution < 1.29 is 19.4 Å². The van der Waals surface area contributed by atoms with Gasteiger partial charge in [0.05, 0.1) is 7.11 Å². The number of carbonyl (C=O) groups excluding carboxylic acids is 1. The van der Waals surface area contributed by atoms with Crippen LogP contribution in [0.4, 0.5) is 0 Å². The Labute approximate surface area is 106 Å². The highest BCUT2D eigenvalue weighted by Gasteiger charge is 2.37. The van der Waals surface area contributed by atoms with Crippen LogP contribution in [0.5, 0.6) is 5.75 Å². The van der Waals surface area contributed by atoms with E-state index in [0.29, 0.717) is 12.2 Å². The number of amides is 1. The Bertz CT molecular complexity index is 429. The molecule has 0 aliphatic rings. The van der Waals surface area contributed by atoms with Gasteiger partial charge in [0.25, 0.3) is 0 Å². The summed E-state index contributed by atoms with van der Waals surface area (Å²) in [6, 6.07) is 7.11. The number of hydrogen-bond acceptors (Lipinski definition) is 3. The first kappa shape index (κ1) is 14.0. The molecule has 1 N–H and O–H groups in total. The average molecular weight is 251 g/mol. The first-order valence-corrected chi connectivity index (χ1v) is 5.48. The van der Waals surface area contributed by atoms with Crippen molar-refractivity contribution in [1.82, 2.24) is 4.90 Å². The van der Waals surface area contributed by atoms with Crippen molar-refractivity contribution in [3.8, 4) is 5.75 Å². The molecule has 0 aromatic heterocycles. The molecule has 0 saturated carbocycles. The van der Waals surface area contributed by atoms with Gasteiger partial charge in [-0.25, -0.2) is 4.79 Å². The van der Waals surface area contributed by atoms with Crippen LogP contribution in [0.15, 0.2) is 24.3 Å². The Morgan fingerprint density at radius 1 is 1.44 bits per heavy atom. The van der Waals surface area contributed by atoms with Crippen LogP contribution in [-0.4, -0.2) is 42.1 Å². The van der Waals surface area contributed by atoms with E-state index < -0.39 is 11.5 Å².